The highest BCUT2D eigenvalue weighted by molar-refractivity contribution is 5.99. The Morgan fingerprint density at radius 2 is 1.10 bits per heavy atom. The largest absolute Gasteiger partial charge is 0.314 e. The van der Waals surface area contributed by atoms with Crippen molar-refractivity contribution in [1.82, 2.24) is 0 Å². The van der Waals surface area contributed by atoms with Crippen LogP contribution in [0.25, 0.3) is 28.0 Å². The molecule has 0 heterocycles. The SMILES string of the molecule is C1=CC2CC2C(N(c2ccc(-c3ccc(N(c4ccccc4)c4cccc5ccccc45)cc3)cc2)c2cccc3c2C2CC2C=C3)=C1. The predicted molar refractivity (Wildman–Crippen MR) is 201 cm³/mol. The summed E-state index contributed by atoms with van der Waals surface area (Å²) in [6.45, 7) is 0. The lowest BCUT2D eigenvalue weighted by molar-refractivity contribution is 0.864. The van der Waals surface area contributed by atoms with Crippen molar-refractivity contribution in [2.75, 3.05) is 9.80 Å². The van der Waals surface area contributed by atoms with E-state index in [1.54, 1.807) is 0 Å². The summed E-state index contributed by atoms with van der Waals surface area (Å²) < 4.78 is 0. The van der Waals surface area contributed by atoms with Crippen LogP contribution >= 0.6 is 0 Å². The number of allylic oxidation sites excluding steroid dienone is 5. The number of anilines is 5. The standard InChI is InChI=1S/C46H36N2/c1-2-13-37(14-3-1)47(43-16-6-10-33-9-4-5-15-40(33)43)38-25-21-31(22-26-38)32-23-27-39(28-24-32)48(44-17-8-12-35-29-41(35)44)45-18-7-11-34-19-20-36-30-42(36)46(34)45/h1-28,35-36,41-42H,29-30H2. The Kier molecular flexibility index (Phi) is 6.30. The summed E-state index contributed by atoms with van der Waals surface area (Å²) in [6.07, 6.45) is 14.3. The molecule has 2 heteroatoms. The van der Waals surface area contributed by atoms with Crippen molar-refractivity contribution >= 4 is 45.3 Å². The van der Waals surface area contributed by atoms with Crippen LogP contribution in [-0.2, 0) is 0 Å². The molecule has 2 nitrogen and oxygen atoms in total. The number of fused-ring (bicyclic) bond motifs is 5. The lowest BCUT2D eigenvalue weighted by Gasteiger charge is -2.32. The normalized spacial score (nSPS) is 21.1. The molecule has 6 aromatic carbocycles. The molecule has 230 valence electrons. The van der Waals surface area contributed by atoms with E-state index in [9.17, 15) is 0 Å². The minimum Gasteiger partial charge on any atom is -0.314 e. The van der Waals surface area contributed by atoms with Crippen molar-refractivity contribution in [3.63, 3.8) is 0 Å². The maximum Gasteiger partial charge on any atom is 0.0540 e. The van der Waals surface area contributed by atoms with Gasteiger partial charge < -0.3 is 9.80 Å². The third-order valence-corrected chi connectivity index (χ3v) is 10.8. The monoisotopic (exact) mass is 616 g/mol. The molecule has 2 saturated carbocycles. The highest BCUT2D eigenvalue weighted by Crippen LogP contribution is 2.58. The second-order valence-corrected chi connectivity index (χ2v) is 13.7. The summed E-state index contributed by atoms with van der Waals surface area (Å²) in [7, 11) is 0. The van der Waals surface area contributed by atoms with E-state index >= 15 is 0 Å². The maximum absolute atomic E-state index is 2.58. The summed E-state index contributed by atoms with van der Waals surface area (Å²) in [5, 5.41) is 2.48. The molecule has 0 radical (unpaired) electrons. The molecule has 4 aliphatic carbocycles. The first-order valence-corrected chi connectivity index (χ1v) is 17.3. The van der Waals surface area contributed by atoms with Crippen LogP contribution in [0.3, 0.4) is 0 Å². The fraction of sp³-hybridized carbons (Fsp3) is 0.130. The Hall–Kier alpha value is -5.60. The van der Waals surface area contributed by atoms with Gasteiger partial charge in [0.05, 0.1) is 5.69 Å². The van der Waals surface area contributed by atoms with Crippen LogP contribution in [-0.4, -0.2) is 0 Å². The molecule has 48 heavy (non-hydrogen) atoms. The van der Waals surface area contributed by atoms with E-state index < -0.39 is 0 Å². The number of benzene rings is 6. The molecule has 0 aliphatic heterocycles. The highest BCUT2D eigenvalue weighted by Gasteiger charge is 2.45. The molecule has 4 aliphatic rings. The van der Waals surface area contributed by atoms with E-state index in [2.05, 4.69) is 180 Å². The van der Waals surface area contributed by atoms with Crippen LogP contribution in [0.5, 0.6) is 0 Å². The van der Waals surface area contributed by atoms with Crippen LogP contribution in [0.4, 0.5) is 28.4 Å². The smallest absolute Gasteiger partial charge is 0.0540 e. The van der Waals surface area contributed by atoms with E-state index in [1.165, 1.54) is 68.6 Å². The van der Waals surface area contributed by atoms with Gasteiger partial charge in [-0.05, 0) is 113 Å². The fourth-order valence-electron chi connectivity index (χ4n) is 8.17. The summed E-state index contributed by atoms with van der Waals surface area (Å²) in [6, 6.07) is 51.1. The van der Waals surface area contributed by atoms with Gasteiger partial charge >= 0.3 is 0 Å². The fourth-order valence-corrected chi connectivity index (χ4v) is 8.17. The van der Waals surface area contributed by atoms with Gasteiger partial charge in [-0.2, -0.15) is 0 Å². The van der Waals surface area contributed by atoms with E-state index in [-0.39, 0.29) is 0 Å². The van der Waals surface area contributed by atoms with Gasteiger partial charge in [-0.15, -0.1) is 0 Å². The van der Waals surface area contributed by atoms with Crippen molar-refractivity contribution in [3.05, 3.63) is 181 Å². The first kappa shape index (κ1) is 27.5. The minimum absolute atomic E-state index is 0.613. The summed E-state index contributed by atoms with van der Waals surface area (Å²) in [5.41, 5.74) is 12.9. The van der Waals surface area contributed by atoms with Gasteiger partial charge in [-0.3, -0.25) is 0 Å². The topological polar surface area (TPSA) is 6.48 Å². The van der Waals surface area contributed by atoms with Crippen molar-refractivity contribution < 1.29 is 0 Å². The van der Waals surface area contributed by atoms with Gasteiger partial charge in [0.25, 0.3) is 0 Å². The lowest BCUT2D eigenvalue weighted by atomic mass is 9.93. The van der Waals surface area contributed by atoms with E-state index in [0.29, 0.717) is 23.7 Å². The van der Waals surface area contributed by atoms with Gasteiger partial charge in [-0.1, -0.05) is 115 Å². The van der Waals surface area contributed by atoms with E-state index in [0.717, 1.165) is 11.4 Å². The van der Waals surface area contributed by atoms with E-state index in [4.69, 9.17) is 0 Å². The quantitative estimate of drug-likeness (QED) is 0.176. The number of rotatable bonds is 7. The number of hydrogen-bond acceptors (Lipinski definition) is 2. The minimum atomic E-state index is 0.613. The van der Waals surface area contributed by atoms with Crippen molar-refractivity contribution in [1.29, 1.82) is 0 Å². The van der Waals surface area contributed by atoms with Crippen molar-refractivity contribution in [2.45, 2.75) is 18.8 Å². The Labute approximate surface area is 282 Å². The molecule has 10 rings (SSSR count). The van der Waals surface area contributed by atoms with Crippen LogP contribution in [0.1, 0.15) is 29.9 Å². The van der Waals surface area contributed by atoms with Crippen molar-refractivity contribution in [3.8, 4) is 11.1 Å². The molecule has 2 fully saturated rings. The average Bonchev–Trinajstić information content (AvgIpc) is 4.09. The third-order valence-electron chi connectivity index (χ3n) is 10.8. The second-order valence-electron chi connectivity index (χ2n) is 13.7. The molecule has 0 aromatic heterocycles. The maximum atomic E-state index is 2.58. The average molecular weight is 617 g/mol. The molecule has 0 spiro atoms. The van der Waals surface area contributed by atoms with Crippen LogP contribution in [0, 0.1) is 17.8 Å². The van der Waals surface area contributed by atoms with Gasteiger partial charge in [0.1, 0.15) is 0 Å². The lowest BCUT2D eigenvalue weighted by Crippen LogP contribution is -2.21. The highest BCUT2D eigenvalue weighted by atomic mass is 15.2. The molecule has 4 atom stereocenters. The van der Waals surface area contributed by atoms with Crippen LogP contribution in [0.2, 0.25) is 0 Å². The molecular formula is C46H36N2. The zero-order valence-electron chi connectivity index (χ0n) is 26.8. The molecule has 0 saturated heterocycles. The zero-order valence-corrected chi connectivity index (χ0v) is 26.8. The summed E-state index contributed by atoms with van der Waals surface area (Å²) >= 11 is 0. The first-order valence-electron chi connectivity index (χ1n) is 17.3. The number of para-hydroxylation sites is 1. The summed E-state index contributed by atoms with van der Waals surface area (Å²) in [4.78, 5) is 4.95. The van der Waals surface area contributed by atoms with E-state index in [1.807, 2.05) is 0 Å². The van der Waals surface area contributed by atoms with Gasteiger partial charge in [0.2, 0.25) is 0 Å². The number of nitrogens with zero attached hydrogens (tertiary/aromatic N) is 2. The summed E-state index contributed by atoms with van der Waals surface area (Å²) in [5.74, 6) is 2.66. The molecule has 0 N–H and O–H groups in total. The Morgan fingerprint density at radius 1 is 0.479 bits per heavy atom. The van der Waals surface area contributed by atoms with Gasteiger partial charge in [0, 0.05) is 39.8 Å². The van der Waals surface area contributed by atoms with Gasteiger partial charge in [-0.25, -0.2) is 0 Å². The predicted octanol–water partition coefficient (Wildman–Crippen LogP) is 12.3. The molecule has 0 bridgehead atoms. The second kappa shape index (κ2) is 11.0. The van der Waals surface area contributed by atoms with Crippen molar-refractivity contribution in [2.24, 2.45) is 17.8 Å². The molecule has 4 unspecified atom stereocenters. The third kappa shape index (κ3) is 4.63. The Bertz CT molecular complexity index is 2250. The Morgan fingerprint density at radius 3 is 1.92 bits per heavy atom. The van der Waals surface area contributed by atoms with Gasteiger partial charge in [0.15, 0.2) is 0 Å². The van der Waals surface area contributed by atoms with Crippen LogP contribution < -0.4 is 9.80 Å². The molecule has 0 amide bonds. The number of hydrogen-bond donors (Lipinski definition) is 0. The van der Waals surface area contributed by atoms with Crippen LogP contribution in [0.15, 0.2) is 170 Å². The molecular weight excluding hydrogens is 581 g/mol. The zero-order chi connectivity index (χ0) is 31.6. The first-order chi connectivity index (χ1) is 23.8. The molecule has 6 aromatic rings. The Balaban J connectivity index is 1.01.